The lowest BCUT2D eigenvalue weighted by Crippen LogP contribution is -2.29. The van der Waals surface area contributed by atoms with Crippen molar-refractivity contribution >= 4 is 11.5 Å². The highest BCUT2D eigenvalue weighted by molar-refractivity contribution is 5.41. The average Bonchev–Trinajstić information content (AvgIpc) is 2.35. The largest absolute Gasteiger partial charge is 0.399 e. The number of anilines is 2. The molecule has 0 radical (unpaired) electrons. The van der Waals surface area contributed by atoms with Crippen molar-refractivity contribution in [3.8, 4) is 0 Å². The molecular formula is C13H16N4O. The number of hydrogen-bond donors (Lipinski definition) is 1. The van der Waals surface area contributed by atoms with Gasteiger partial charge in [0.2, 0.25) is 0 Å². The summed E-state index contributed by atoms with van der Waals surface area (Å²) in [6.45, 7) is 0.618. The molecule has 0 unspecified atom stereocenters. The standard InChI is InChI=1S/C13H16N4O/c1-16-8-7-15-12(13(16)18)17(2)9-10-3-5-11(14)6-4-10/h3-8H,9,14H2,1-2H3. The Morgan fingerprint density at radius 3 is 2.67 bits per heavy atom. The van der Waals surface area contributed by atoms with Crippen molar-refractivity contribution in [2.75, 3.05) is 17.7 Å². The van der Waals surface area contributed by atoms with E-state index in [9.17, 15) is 4.79 Å². The van der Waals surface area contributed by atoms with Gasteiger partial charge in [0, 0.05) is 38.7 Å². The summed E-state index contributed by atoms with van der Waals surface area (Å²) in [5, 5.41) is 0. The van der Waals surface area contributed by atoms with Gasteiger partial charge in [0.1, 0.15) is 0 Å². The molecule has 5 heteroatoms. The molecule has 0 saturated heterocycles. The van der Waals surface area contributed by atoms with E-state index in [-0.39, 0.29) is 5.56 Å². The highest BCUT2D eigenvalue weighted by Gasteiger charge is 2.08. The van der Waals surface area contributed by atoms with Gasteiger partial charge >= 0.3 is 0 Å². The number of benzene rings is 1. The molecule has 0 fully saturated rings. The third-order valence-corrected chi connectivity index (χ3v) is 2.76. The van der Waals surface area contributed by atoms with Crippen LogP contribution in [0.3, 0.4) is 0 Å². The summed E-state index contributed by atoms with van der Waals surface area (Å²) in [4.78, 5) is 17.8. The second-order valence-electron chi connectivity index (χ2n) is 4.26. The van der Waals surface area contributed by atoms with Gasteiger partial charge in [0.25, 0.3) is 5.56 Å². The number of rotatable bonds is 3. The van der Waals surface area contributed by atoms with Crippen molar-refractivity contribution in [2.45, 2.75) is 6.54 Å². The first-order chi connectivity index (χ1) is 8.58. The Balaban J connectivity index is 2.22. The minimum absolute atomic E-state index is 0.101. The summed E-state index contributed by atoms with van der Waals surface area (Å²) < 4.78 is 1.52. The summed E-state index contributed by atoms with van der Waals surface area (Å²) in [6.07, 6.45) is 3.26. The van der Waals surface area contributed by atoms with Crippen LogP contribution in [0.4, 0.5) is 11.5 Å². The predicted octanol–water partition coefficient (Wildman–Crippen LogP) is 0.999. The molecule has 0 saturated carbocycles. The van der Waals surface area contributed by atoms with Gasteiger partial charge in [0.05, 0.1) is 0 Å². The van der Waals surface area contributed by atoms with Crippen molar-refractivity contribution < 1.29 is 0 Å². The molecule has 2 aromatic rings. The van der Waals surface area contributed by atoms with Crippen molar-refractivity contribution in [3.05, 3.63) is 52.6 Å². The van der Waals surface area contributed by atoms with E-state index in [0.29, 0.717) is 12.4 Å². The van der Waals surface area contributed by atoms with Crippen LogP contribution in [0.25, 0.3) is 0 Å². The Morgan fingerprint density at radius 1 is 1.33 bits per heavy atom. The molecule has 1 aromatic heterocycles. The van der Waals surface area contributed by atoms with Crippen LogP contribution >= 0.6 is 0 Å². The lowest BCUT2D eigenvalue weighted by atomic mass is 10.2. The van der Waals surface area contributed by atoms with E-state index < -0.39 is 0 Å². The van der Waals surface area contributed by atoms with Gasteiger partial charge in [-0.1, -0.05) is 12.1 Å². The number of nitrogen functional groups attached to an aromatic ring is 1. The first kappa shape index (κ1) is 12.2. The maximum Gasteiger partial charge on any atom is 0.293 e. The van der Waals surface area contributed by atoms with Crippen LogP contribution in [0, 0.1) is 0 Å². The minimum atomic E-state index is -0.101. The minimum Gasteiger partial charge on any atom is -0.399 e. The lowest BCUT2D eigenvalue weighted by molar-refractivity contribution is 0.802. The molecule has 0 amide bonds. The van der Waals surface area contributed by atoms with Crippen LogP contribution < -0.4 is 16.2 Å². The van der Waals surface area contributed by atoms with Crippen LogP contribution in [0.5, 0.6) is 0 Å². The zero-order valence-electron chi connectivity index (χ0n) is 10.5. The number of aryl methyl sites for hydroxylation is 1. The summed E-state index contributed by atoms with van der Waals surface area (Å²) in [5.74, 6) is 0.442. The Morgan fingerprint density at radius 2 is 2.00 bits per heavy atom. The molecule has 18 heavy (non-hydrogen) atoms. The second kappa shape index (κ2) is 4.91. The fraction of sp³-hybridized carbons (Fsp3) is 0.231. The second-order valence-corrected chi connectivity index (χ2v) is 4.26. The van der Waals surface area contributed by atoms with Crippen molar-refractivity contribution in [1.82, 2.24) is 9.55 Å². The molecule has 0 bridgehead atoms. The number of aromatic nitrogens is 2. The van der Waals surface area contributed by atoms with Gasteiger partial charge in [-0.05, 0) is 17.7 Å². The Labute approximate surface area is 105 Å². The molecule has 0 aliphatic carbocycles. The molecular weight excluding hydrogens is 228 g/mol. The summed E-state index contributed by atoms with van der Waals surface area (Å²) >= 11 is 0. The summed E-state index contributed by atoms with van der Waals surface area (Å²) in [6, 6.07) is 7.58. The van der Waals surface area contributed by atoms with Crippen molar-refractivity contribution in [3.63, 3.8) is 0 Å². The van der Waals surface area contributed by atoms with E-state index in [1.165, 1.54) is 4.57 Å². The Hall–Kier alpha value is -2.30. The summed E-state index contributed by atoms with van der Waals surface area (Å²) in [5.41, 5.74) is 7.35. The zero-order chi connectivity index (χ0) is 13.1. The first-order valence-electron chi connectivity index (χ1n) is 5.65. The Bertz CT molecular complexity index is 589. The van der Waals surface area contributed by atoms with Crippen molar-refractivity contribution in [2.24, 2.45) is 7.05 Å². The number of nitrogens with two attached hydrogens (primary N) is 1. The van der Waals surface area contributed by atoms with Crippen LogP contribution in [-0.4, -0.2) is 16.6 Å². The van der Waals surface area contributed by atoms with E-state index in [2.05, 4.69) is 4.98 Å². The topological polar surface area (TPSA) is 64.2 Å². The van der Waals surface area contributed by atoms with Gasteiger partial charge in [0.15, 0.2) is 5.82 Å². The van der Waals surface area contributed by atoms with Crippen LogP contribution in [0.15, 0.2) is 41.5 Å². The molecule has 5 nitrogen and oxygen atoms in total. The molecule has 0 aliphatic heterocycles. The third-order valence-electron chi connectivity index (χ3n) is 2.76. The van der Waals surface area contributed by atoms with E-state index in [0.717, 1.165) is 11.3 Å². The molecule has 1 aromatic carbocycles. The monoisotopic (exact) mass is 244 g/mol. The molecule has 1 heterocycles. The molecule has 0 aliphatic rings. The van der Waals surface area contributed by atoms with E-state index in [4.69, 9.17) is 5.73 Å². The highest BCUT2D eigenvalue weighted by Crippen LogP contribution is 2.10. The quantitative estimate of drug-likeness (QED) is 0.818. The molecule has 2 N–H and O–H groups in total. The van der Waals surface area contributed by atoms with Gasteiger partial charge in [-0.3, -0.25) is 4.79 Å². The van der Waals surface area contributed by atoms with Crippen molar-refractivity contribution in [1.29, 1.82) is 0 Å². The fourth-order valence-electron chi connectivity index (χ4n) is 1.72. The maximum absolute atomic E-state index is 11.9. The molecule has 0 atom stereocenters. The number of hydrogen-bond acceptors (Lipinski definition) is 4. The fourth-order valence-corrected chi connectivity index (χ4v) is 1.72. The van der Waals surface area contributed by atoms with Gasteiger partial charge in [-0.25, -0.2) is 4.98 Å². The molecule has 94 valence electrons. The normalized spacial score (nSPS) is 10.3. The number of nitrogens with zero attached hydrogens (tertiary/aromatic N) is 3. The van der Waals surface area contributed by atoms with E-state index in [1.807, 2.05) is 36.2 Å². The molecule has 2 rings (SSSR count). The van der Waals surface area contributed by atoms with E-state index >= 15 is 0 Å². The molecule has 0 spiro atoms. The highest BCUT2D eigenvalue weighted by atomic mass is 16.1. The van der Waals surface area contributed by atoms with Crippen LogP contribution in [0.2, 0.25) is 0 Å². The van der Waals surface area contributed by atoms with Gasteiger partial charge in [-0.15, -0.1) is 0 Å². The van der Waals surface area contributed by atoms with Crippen LogP contribution in [0.1, 0.15) is 5.56 Å². The Kier molecular flexibility index (Phi) is 3.32. The zero-order valence-corrected chi connectivity index (χ0v) is 10.5. The average molecular weight is 244 g/mol. The van der Waals surface area contributed by atoms with E-state index in [1.54, 1.807) is 19.4 Å². The third kappa shape index (κ3) is 2.51. The smallest absolute Gasteiger partial charge is 0.293 e. The van der Waals surface area contributed by atoms with Gasteiger partial charge < -0.3 is 15.2 Å². The predicted molar refractivity (Wildman–Crippen MR) is 72.4 cm³/mol. The lowest BCUT2D eigenvalue weighted by Gasteiger charge is -2.17. The van der Waals surface area contributed by atoms with Crippen LogP contribution in [-0.2, 0) is 13.6 Å². The SMILES string of the molecule is CN(Cc1ccc(N)cc1)c1nccn(C)c1=O. The maximum atomic E-state index is 11.9. The van der Waals surface area contributed by atoms with Gasteiger partial charge in [-0.2, -0.15) is 0 Å². The summed E-state index contributed by atoms with van der Waals surface area (Å²) in [7, 11) is 3.56. The first-order valence-corrected chi connectivity index (χ1v) is 5.65.